The Kier molecular flexibility index (Phi) is 7.81. The summed E-state index contributed by atoms with van der Waals surface area (Å²) in [6.45, 7) is 18.1. The van der Waals surface area contributed by atoms with Gasteiger partial charge in [0.15, 0.2) is 0 Å². The first-order valence-electron chi connectivity index (χ1n) is 6.72. The van der Waals surface area contributed by atoms with Gasteiger partial charge in [0.2, 0.25) is 5.91 Å². The summed E-state index contributed by atoms with van der Waals surface area (Å²) in [7, 11) is 0. The molecule has 0 aromatic heterocycles. The van der Waals surface area contributed by atoms with Gasteiger partial charge in [0, 0.05) is 12.5 Å². The zero-order valence-electron chi connectivity index (χ0n) is 12.9. The Morgan fingerprint density at radius 2 is 1.79 bits per heavy atom. The average molecular weight is 261 g/mol. The highest BCUT2D eigenvalue weighted by Crippen LogP contribution is 2.10. The zero-order valence-corrected chi connectivity index (χ0v) is 12.9. The minimum absolute atomic E-state index is 0.0237. The molecule has 0 aliphatic carbocycles. The fourth-order valence-corrected chi connectivity index (χ4v) is 1.46. The zero-order chi connectivity index (χ0) is 15.0. The number of hydrogen-bond donors (Lipinski definition) is 1. The summed E-state index contributed by atoms with van der Waals surface area (Å²) < 4.78 is 0. The van der Waals surface area contributed by atoms with Crippen LogP contribution in [0.4, 0.5) is 0 Å². The smallest absolute Gasteiger partial charge is 0.223 e. The van der Waals surface area contributed by atoms with Crippen molar-refractivity contribution in [2.75, 3.05) is 6.54 Å². The lowest BCUT2D eigenvalue weighted by molar-refractivity contribution is -0.125. The van der Waals surface area contributed by atoms with Crippen molar-refractivity contribution in [3.8, 4) is 0 Å². The molecule has 2 nitrogen and oxygen atoms in total. The Morgan fingerprint density at radius 3 is 2.21 bits per heavy atom. The topological polar surface area (TPSA) is 29.1 Å². The van der Waals surface area contributed by atoms with E-state index in [1.807, 2.05) is 32.9 Å². The Balaban J connectivity index is 4.74. The van der Waals surface area contributed by atoms with E-state index in [4.69, 9.17) is 0 Å². The normalized spacial score (nSPS) is 14.2. The van der Waals surface area contributed by atoms with Crippen LogP contribution in [-0.4, -0.2) is 12.5 Å². The van der Waals surface area contributed by atoms with Crippen LogP contribution >= 0.6 is 0 Å². The molecular weight excluding hydrogens is 234 g/mol. The molecule has 0 rings (SSSR count). The third kappa shape index (κ3) is 7.45. The molecule has 0 saturated carbocycles. The average Bonchev–Trinajstić information content (AvgIpc) is 2.33. The van der Waals surface area contributed by atoms with E-state index < -0.39 is 0 Å². The predicted molar refractivity (Wildman–Crippen MR) is 83.9 cm³/mol. The van der Waals surface area contributed by atoms with Crippen LogP contribution in [0.2, 0.25) is 0 Å². The van der Waals surface area contributed by atoms with Crippen molar-refractivity contribution in [2.24, 2.45) is 11.8 Å². The first-order chi connectivity index (χ1) is 8.77. The van der Waals surface area contributed by atoms with E-state index in [-0.39, 0.29) is 11.8 Å². The van der Waals surface area contributed by atoms with E-state index in [0.29, 0.717) is 12.5 Å². The quantitative estimate of drug-likeness (QED) is 0.689. The van der Waals surface area contributed by atoms with Gasteiger partial charge in [-0.1, -0.05) is 63.3 Å². The van der Waals surface area contributed by atoms with E-state index in [1.54, 1.807) is 6.08 Å². The lowest BCUT2D eigenvalue weighted by Gasteiger charge is -2.15. The van der Waals surface area contributed by atoms with Gasteiger partial charge in [-0.05, 0) is 25.3 Å². The molecule has 0 fully saturated rings. The monoisotopic (exact) mass is 261 g/mol. The van der Waals surface area contributed by atoms with E-state index >= 15 is 0 Å². The van der Waals surface area contributed by atoms with Gasteiger partial charge in [-0.15, -0.1) is 0 Å². The number of hydrogen-bond acceptors (Lipinski definition) is 1. The second-order valence-electron chi connectivity index (χ2n) is 5.41. The van der Waals surface area contributed by atoms with Crippen LogP contribution in [0.25, 0.3) is 0 Å². The number of rotatable bonds is 7. The first kappa shape index (κ1) is 17.4. The Morgan fingerprint density at radius 1 is 1.21 bits per heavy atom. The molecule has 0 bridgehead atoms. The SMILES string of the molecule is C=C/C(C)=C\C(=C/C(=C)C)CNC(=O)C(C)C(C)C. The van der Waals surface area contributed by atoms with Crippen LogP contribution in [-0.2, 0) is 4.79 Å². The summed E-state index contributed by atoms with van der Waals surface area (Å²) in [6.07, 6.45) is 5.79. The van der Waals surface area contributed by atoms with Crippen molar-refractivity contribution >= 4 is 5.91 Å². The molecule has 106 valence electrons. The summed E-state index contributed by atoms with van der Waals surface area (Å²) >= 11 is 0. The Bertz CT molecular complexity index is 399. The van der Waals surface area contributed by atoms with Crippen molar-refractivity contribution in [2.45, 2.75) is 34.6 Å². The van der Waals surface area contributed by atoms with Crippen LogP contribution < -0.4 is 5.32 Å². The minimum atomic E-state index is 0.0237. The van der Waals surface area contributed by atoms with Crippen molar-refractivity contribution in [3.05, 3.63) is 48.1 Å². The summed E-state index contributed by atoms with van der Waals surface area (Å²) in [6, 6.07) is 0. The number of allylic oxidation sites excluding steroid dienone is 4. The molecule has 0 heterocycles. The lowest BCUT2D eigenvalue weighted by atomic mass is 9.97. The van der Waals surface area contributed by atoms with Crippen LogP contribution in [0.5, 0.6) is 0 Å². The van der Waals surface area contributed by atoms with Crippen LogP contribution in [0.1, 0.15) is 34.6 Å². The maximum atomic E-state index is 11.9. The third-order valence-electron chi connectivity index (χ3n) is 3.05. The highest BCUT2D eigenvalue weighted by molar-refractivity contribution is 5.78. The predicted octanol–water partition coefficient (Wildman–Crippen LogP) is 4.03. The van der Waals surface area contributed by atoms with Crippen LogP contribution in [0, 0.1) is 11.8 Å². The van der Waals surface area contributed by atoms with E-state index in [2.05, 4.69) is 32.3 Å². The molecule has 1 N–H and O–H groups in total. The fraction of sp³-hybridized carbons (Fsp3) is 0.471. The standard InChI is InChI=1S/C17H27NO/c1-8-14(6)10-16(9-12(2)3)11-18-17(19)15(7)13(4)5/h8-10,13,15H,1-2,11H2,3-7H3,(H,18,19)/b14-10-,16-9+. The molecule has 0 aliphatic heterocycles. The van der Waals surface area contributed by atoms with Gasteiger partial charge in [-0.2, -0.15) is 0 Å². The molecule has 0 spiro atoms. The highest BCUT2D eigenvalue weighted by atomic mass is 16.1. The van der Waals surface area contributed by atoms with Gasteiger partial charge < -0.3 is 5.32 Å². The van der Waals surface area contributed by atoms with Crippen molar-refractivity contribution in [1.82, 2.24) is 5.32 Å². The molecule has 0 aliphatic rings. The molecule has 0 radical (unpaired) electrons. The van der Waals surface area contributed by atoms with Crippen molar-refractivity contribution in [1.29, 1.82) is 0 Å². The molecule has 19 heavy (non-hydrogen) atoms. The van der Waals surface area contributed by atoms with E-state index in [9.17, 15) is 4.79 Å². The molecular formula is C17H27NO. The largest absolute Gasteiger partial charge is 0.352 e. The maximum absolute atomic E-state index is 11.9. The Labute approximate surface area is 118 Å². The van der Waals surface area contributed by atoms with Gasteiger partial charge in [0.25, 0.3) is 0 Å². The summed E-state index contributed by atoms with van der Waals surface area (Å²) in [4.78, 5) is 11.9. The summed E-state index contributed by atoms with van der Waals surface area (Å²) in [5.74, 6) is 0.460. The molecule has 1 unspecified atom stereocenters. The first-order valence-corrected chi connectivity index (χ1v) is 6.72. The number of amides is 1. The van der Waals surface area contributed by atoms with Crippen molar-refractivity contribution in [3.63, 3.8) is 0 Å². The second kappa shape index (κ2) is 8.52. The number of carbonyl (C=O) groups excluding carboxylic acids is 1. The van der Waals surface area contributed by atoms with Gasteiger partial charge in [-0.25, -0.2) is 0 Å². The van der Waals surface area contributed by atoms with E-state index in [0.717, 1.165) is 16.7 Å². The second-order valence-corrected chi connectivity index (χ2v) is 5.41. The maximum Gasteiger partial charge on any atom is 0.223 e. The van der Waals surface area contributed by atoms with Gasteiger partial charge >= 0.3 is 0 Å². The van der Waals surface area contributed by atoms with Crippen LogP contribution in [0.15, 0.2) is 48.1 Å². The van der Waals surface area contributed by atoms with E-state index in [1.165, 1.54) is 0 Å². The highest BCUT2D eigenvalue weighted by Gasteiger charge is 2.15. The fourth-order valence-electron chi connectivity index (χ4n) is 1.46. The third-order valence-corrected chi connectivity index (χ3v) is 3.05. The molecule has 2 heteroatoms. The Hall–Kier alpha value is -1.57. The van der Waals surface area contributed by atoms with Gasteiger partial charge in [0.1, 0.15) is 0 Å². The molecule has 0 saturated heterocycles. The number of carbonyl (C=O) groups is 1. The minimum Gasteiger partial charge on any atom is -0.352 e. The van der Waals surface area contributed by atoms with Crippen LogP contribution in [0.3, 0.4) is 0 Å². The van der Waals surface area contributed by atoms with Gasteiger partial charge in [0.05, 0.1) is 0 Å². The molecule has 1 atom stereocenters. The lowest BCUT2D eigenvalue weighted by Crippen LogP contribution is -2.33. The molecule has 0 aromatic rings. The van der Waals surface area contributed by atoms with Crippen molar-refractivity contribution < 1.29 is 4.79 Å². The summed E-state index contributed by atoms with van der Waals surface area (Å²) in [5, 5.41) is 2.97. The summed E-state index contributed by atoms with van der Waals surface area (Å²) in [5.41, 5.74) is 3.07. The number of nitrogens with one attached hydrogen (secondary N) is 1. The molecule has 0 aromatic carbocycles. The molecule has 1 amide bonds. The van der Waals surface area contributed by atoms with Gasteiger partial charge in [-0.3, -0.25) is 4.79 Å².